The third kappa shape index (κ3) is 2.04. The molecule has 122 valence electrons. The first-order valence-corrected chi connectivity index (χ1v) is 7.09. The molecule has 0 fully saturated rings. The Balaban J connectivity index is 2.43. The molecule has 0 aliphatic heterocycles. The van der Waals surface area contributed by atoms with E-state index in [1.165, 1.54) is 6.07 Å². The van der Waals surface area contributed by atoms with Crippen LogP contribution in [0.25, 0.3) is 11.0 Å². The second kappa shape index (κ2) is 5.07. The SMILES string of the molecule is COC(=O)[C@@]1(O)c2c(oc3cc(C)cc(O)c3c2=O)CC[C@H]1O. The van der Waals surface area contributed by atoms with E-state index in [1.807, 2.05) is 0 Å². The Morgan fingerprint density at radius 2 is 2.13 bits per heavy atom. The summed E-state index contributed by atoms with van der Waals surface area (Å²) in [5, 5.41) is 30.7. The molecular formula is C16H16O7. The van der Waals surface area contributed by atoms with E-state index in [0.717, 1.165) is 7.11 Å². The third-order valence-electron chi connectivity index (χ3n) is 4.20. The number of ether oxygens (including phenoxy) is 1. The van der Waals surface area contributed by atoms with Crippen molar-refractivity contribution in [3.63, 3.8) is 0 Å². The number of esters is 1. The summed E-state index contributed by atoms with van der Waals surface area (Å²) in [4.78, 5) is 24.8. The van der Waals surface area contributed by atoms with Gasteiger partial charge < -0.3 is 24.5 Å². The Labute approximate surface area is 130 Å². The van der Waals surface area contributed by atoms with Gasteiger partial charge in [0.2, 0.25) is 11.0 Å². The van der Waals surface area contributed by atoms with Crippen LogP contribution in [-0.4, -0.2) is 34.5 Å². The van der Waals surface area contributed by atoms with Crippen molar-refractivity contribution in [1.82, 2.24) is 0 Å². The number of aryl methyl sites for hydroxylation is 2. The second-order valence-corrected chi connectivity index (χ2v) is 5.70. The van der Waals surface area contributed by atoms with E-state index in [2.05, 4.69) is 4.74 Å². The van der Waals surface area contributed by atoms with Gasteiger partial charge in [-0.1, -0.05) is 0 Å². The molecule has 1 aromatic carbocycles. The van der Waals surface area contributed by atoms with Crippen molar-refractivity contribution >= 4 is 16.9 Å². The molecule has 0 saturated heterocycles. The molecule has 3 rings (SSSR count). The molecular weight excluding hydrogens is 304 g/mol. The number of fused-ring (bicyclic) bond motifs is 2. The topological polar surface area (TPSA) is 117 Å². The van der Waals surface area contributed by atoms with E-state index in [4.69, 9.17) is 4.42 Å². The number of benzene rings is 1. The summed E-state index contributed by atoms with van der Waals surface area (Å²) in [6.07, 6.45) is -1.30. The van der Waals surface area contributed by atoms with Crippen LogP contribution in [0.15, 0.2) is 21.3 Å². The number of aromatic hydroxyl groups is 1. The van der Waals surface area contributed by atoms with Crippen LogP contribution in [0.3, 0.4) is 0 Å². The smallest absolute Gasteiger partial charge is 0.345 e. The number of carbonyl (C=O) groups is 1. The lowest BCUT2D eigenvalue weighted by Crippen LogP contribution is -2.53. The molecule has 1 heterocycles. The first kappa shape index (κ1) is 15.5. The summed E-state index contributed by atoms with van der Waals surface area (Å²) in [5.74, 6) is -1.36. The lowest BCUT2D eigenvalue weighted by atomic mass is 9.79. The highest BCUT2D eigenvalue weighted by molar-refractivity contribution is 5.88. The van der Waals surface area contributed by atoms with Crippen LogP contribution in [0.1, 0.15) is 23.3 Å². The number of carbonyl (C=O) groups excluding carboxylic acids is 1. The van der Waals surface area contributed by atoms with E-state index >= 15 is 0 Å². The fourth-order valence-corrected chi connectivity index (χ4v) is 3.08. The average Bonchev–Trinajstić information content (AvgIpc) is 2.49. The zero-order valence-corrected chi connectivity index (χ0v) is 12.6. The van der Waals surface area contributed by atoms with Crippen molar-refractivity contribution in [2.75, 3.05) is 7.11 Å². The van der Waals surface area contributed by atoms with Gasteiger partial charge in [-0.15, -0.1) is 0 Å². The molecule has 3 N–H and O–H groups in total. The van der Waals surface area contributed by atoms with Crippen molar-refractivity contribution in [2.45, 2.75) is 31.5 Å². The van der Waals surface area contributed by atoms with Gasteiger partial charge >= 0.3 is 5.97 Å². The second-order valence-electron chi connectivity index (χ2n) is 5.70. The summed E-state index contributed by atoms with van der Waals surface area (Å²) in [5.41, 5.74) is -2.80. The molecule has 0 radical (unpaired) electrons. The molecule has 0 bridgehead atoms. The molecule has 1 aromatic heterocycles. The summed E-state index contributed by atoms with van der Waals surface area (Å²) >= 11 is 0. The summed E-state index contributed by atoms with van der Waals surface area (Å²) < 4.78 is 10.2. The standard InChI is InChI=1S/C16H16O7/c1-7-5-8(17)12-10(6-7)23-9-3-4-11(18)16(21,15(20)22-2)13(9)14(12)19/h5-6,11,17-18,21H,3-4H2,1-2H3/t11-,16+/m1/s1. The molecule has 1 aliphatic carbocycles. The van der Waals surface area contributed by atoms with E-state index < -0.39 is 23.1 Å². The fraction of sp³-hybridized carbons (Fsp3) is 0.375. The van der Waals surface area contributed by atoms with Crippen molar-refractivity contribution in [2.24, 2.45) is 0 Å². The number of aliphatic hydroxyl groups excluding tert-OH is 1. The summed E-state index contributed by atoms with van der Waals surface area (Å²) in [6, 6.07) is 2.96. The highest BCUT2D eigenvalue weighted by Gasteiger charge is 2.53. The largest absolute Gasteiger partial charge is 0.507 e. The number of aliphatic hydroxyl groups is 2. The minimum atomic E-state index is -2.52. The fourth-order valence-electron chi connectivity index (χ4n) is 3.08. The van der Waals surface area contributed by atoms with Crippen molar-refractivity contribution in [3.05, 3.63) is 39.2 Å². The normalized spacial score (nSPS) is 23.6. The first-order valence-electron chi connectivity index (χ1n) is 7.09. The maximum atomic E-state index is 12.8. The lowest BCUT2D eigenvalue weighted by molar-refractivity contribution is -0.180. The van der Waals surface area contributed by atoms with Gasteiger partial charge in [0.25, 0.3) is 0 Å². The van der Waals surface area contributed by atoms with Gasteiger partial charge in [-0.2, -0.15) is 0 Å². The highest BCUT2D eigenvalue weighted by Crippen LogP contribution is 2.37. The van der Waals surface area contributed by atoms with E-state index in [-0.39, 0.29) is 40.9 Å². The van der Waals surface area contributed by atoms with Gasteiger partial charge in [-0.05, 0) is 31.0 Å². The van der Waals surface area contributed by atoms with Crippen LogP contribution in [0, 0.1) is 6.92 Å². The molecule has 23 heavy (non-hydrogen) atoms. The Morgan fingerprint density at radius 1 is 1.43 bits per heavy atom. The molecule has 0 saturated carbocycles. The Bertz CT molecular complexity index is 867. The number of phenols is 1. The maximum absolute atomic E-state index is 12.8. The lowest BCUT2D eigenvalue weighted by Gasteiger charge is -2.34. The Hall–Kier alpha value is -2.38. The number of hydrogen-bond donors (Lipinski definition) is 3. The van der Waals surface area contributed by atoms with Gasteiger partial charge in [-0.3, -0.25) is 4.79 Å². The average molecular weight is 320 g/mol. The van der Waals surface area contributed by atoms with Gasteiger partial charge in [0.15, 0.2) is 0 Å². The zero-order chi connectivity index (χ0) is 16.9. The Morgan fingerprint density at radius 3 is 2.78 bits per heavy atom. The summed E-state index contributed by atoms with van der Waals surface area (Å²) in [6.45, 7) is 1.73. The number of phenolic OH excluding ortho intramolecular Hbond substituents is 1. The molecule has 2 aromatic rings. The summed E-state index contributed by atoms with van der Waals surface area (Å²) in [7, 11) is 1.05. The predicted molar refractivity (Wildman–Crippen MR) is 79.1 cm³/mol. The van der Waals surface area contributed by atoms with Crippen molar-refractivity contribution in [1.29, 1.82) is 0 Å². The molecule has 7 heteroatoms. The molecule has 0 unspecified atom stereocenters. The van der Waals surface area contributed by atoms with Gasteiger partial charge in [0.05, 0.1) is 18.8 Å². The molecule has 0 spiro atoms. The monoisotopic (exact) mass is 320 g/mol. The molecule has 7 nitrogen and oxygen atoms in total. The van der Waals surface area contributed by atoms with Crippen molar-refractivity contribution in [3.8, 4) is 5.75 Å². The van der Waals surface area contributed by atoms with Crippen LogP contribution in [0.2, 0.25) is 0 Å². The maximum Gasteiger partial charge on any atom is 0.345 e. The van der Waals surface area contributed by atoms with Crippen LogP contribution in [0.4, 0.5) is 0 Å². The van der Waals surface area contributed by atoms with Gasteiger partial charge in [-0.25, -0.2) is 4.79 Å². The zero-order valence-electron chi connectivity index (χ0n) is 12.6. The van der Waals surface area contributed by atoms with Crippen LogP contribution < -0.4 is 5.43 Å². The predicted octanol–water partition coefficient (Wildman–Crippen LogP) is 0.475. The van der Waals surface area contributed by atoms with Gasteiger partial charge in [0, 0.05) is 6.42 Å². The quantitative estimate of drug-likeness (QED) is 0.654. The number of rotatable bonds is 1. The first-order chi connectivity index (χ1) is 10.8. The van der Waals surface area contributed by atoms with E-state index in [1.54, 1.807) is 13.0 Å². The number of methoxy groups -OCH3 is 1. The Kier molecular flexibility index (Phi) is 3.42. The molecule has 1 aliphatic rings. The molecule has 2 atom stereocenters. The third-order valence-corrected chi connectivity index (χ3v) is 4.20. The van der Waals surface area contributed by atoms with Crippen molar-refractivity contribution < 1.29 is 29.3 Å². The number of hydrogen-bond acceptors (Lipinski definition) is 7. The molecule has 0 amide bonds. The van der Waals surface area contributed by atoms with E-state index in [0.29, 0.717) is 5.56 Å². The minimum absolute atomic E-state index is 0.0326. The van der Waals surface area contributed by atoms with Gasteiger partial charge in [0.1, 0.15) is 22.5 Å². The van der Waals surface area contributed by atoms with Crippen LogP contribution >= 0.6 is 0 Å². The van der Waals surface area contributed by atoms with Crippen LogP contribution in [-0.2, 0) is 21.6 Å². The van der Waals surface area contributed by atoms with E-state index in [9.17, 15) is 24.9 Å². The van der Waals surface area contributed by atoms with Crippen LogP contribution in [0.5, 0.6) is 5.75 Å². The highest BCUT2D eigenvalue weighted by atomic mass is 16.5. The minimum Gasteiger partial charge on any atom is -0.507 e.